The molecule has 0 saturated heterocycles. The van der Waals surface area contributed by atoms with Gasteiger partial charge in [-0.3, -0.25) is 0 Å². The summed E-state index contributed by atoms with van der Waals surface area (Å²) in [4.78, 5) is 15.8. The van der Waals surface area contributed by atoms with Crippen molar-refractivity contribution < 1.29 is 4.79 Å². The summed E-state index contributed by atoms with van der Waals surface area (Å²) in [6.45, 7) is 3.16. The minimum atomic E-state index is -0.169. The van der Waals surface area contributed by atoms with Gasteiger partial charge in [0.05, 0.1) is 6.33 Å². The number of amides is 2. The molecular formula is C14H17BrN4O. The highest BCUT2D eigenvalue weighted by Crippen LogP contribution is 2.11. The molecule has 0 fully saturated rings. The van der Waals surface area contributed by atoms with Gasteiger partial charge in [-0.25, -0.2) is 9.78 Å². The molecule has 1 heterocycles. The van der Waals surface area contributed by atoms with Crippen molar-refractivity contribution in [2.24, 2.45) is 0 Å². The van der Waals surface area contributed by atoms with Crippen LogP contribution in [0, 0.1) is 0 Å². The predicted octanol–water partition coefficient (Wildman–Crippen LogP) is 2.53. The molecule has 5 nitrogen and oxygen atoms in total. The fourth-order valence-electron chi connectivity index (χ4n) is 1.86. The minimum absolute atomic E-state index is 0.0340. The molecule has 0 aliphatic heterocycles. The van der Waals surface area contributed by atoms with Crippen molar-refractivity contribution in [3.05, 3.63) is 53.0 Å². The Kier molecular flexibility index (Phi) is 5.17. The molecule has 1 aromatic heterocycles. The van der Waals surface area contributed by atoms with Gasteiger partial charge in [-0.2, -0.15) is 0 Å². The predicted molar refractivity (Wildman–Crippen MR) is 81.2 cm³/mol. The van der Waals surface area contributed by atoms with Gasteiger partial charge in [-0.15, -0.1) is 0 Å². The largest absolute Gasteiger partial charge is 0.335 e. The second-order valence-corrected chi connectivity index (χ2v) is 5.53. The molecule has 2 aromatic rings. The monoisotopic (exact) mass is 336 g/mol. The third-order valence-corrected chi connectivity index (χ3v) is 3.26. The normalized spacial score (nSPS) is 11.9. The van der Waals surface area contributed by atoms with E-state index in [9.17, 15) is 4.79 Å². The molecular weight excluding hydrogens is 320 g/mol. The average molecular weight is 337 g/mol. The number of aromatic nitrogens is 2. The van der Waals surface area contributed by atoms with Gasteiger partial charge in [0.15, 0.2) is 0 Å². The number of carbonyl (C=O) groups is 1. The minimum Gasteiger partial charge on any atom is -0.335 e. The van der Waals surface area contributed by atoms with Crippen LogP contribution in [0.15, 0.2) is 47.5 Å². The zero-order chi connectivity index (χ0) is 14.4. The third-order valence-electron chi connectivity index (χ3n) is 2.76. The number of hydrogen-bond acceptors (Lipinski definition) is 2. The topological polar surface area (TPSA) is 59.0 Å². The van der Waals surface area contributed by atoms with E-state index in [4.69, 9.17) is 0 Å². The van der Waals surface area contributed by atoms with Gasteiger partial charge in [0.2, 0.25) is 0 Å². The SMILES string of the molecule is C[C@H](Cn1ccnc1)NC(=O)NCc1cccc(Br)c1. The van der Waals surface area contributed by atoms with Crippen LogP contribution in [0.3, 0.4) is 0 Å². The lowest BCUT2D eigenvalue weighted by molar-refractivity contribution is 0.236. The highest BCUT2D eigenvalue weighted by Gasteiger charge is 2.07. The maximum atomic E-state index is 11.8. The van der Waals surface area contributed by atoms with Gasteiger partial charge in [-0.1, -0.05) is 28.1 Å². The highest BCUT2D eigenvalue weighted by atomic mass is 79.9. The summed E-state index contributed by atoms with van der Waals surface area (Å²) >= 11 is 3.41. The zero-order valence-corrected chi connectivity index (χ0v) is 12.8. The van der Waals surface area contributed by atoms with Gasteiger partial charge >= 0.3 is 6.03 Å². The summed E-state index contributed by atoms with van der Waals surface area (Å²) in [7, 11) is 0. The molecule has 2 amide bonds. The maximum absolute atomic E-state index is 11.8. The van der Waals surface area contributed by atoms with Gasteiger partial charge in [0, 0.05) is 36.0 Å². The number of nitrogens with one attached hydrogen (secondary N) is 2. The molecule has 0 saturated carbocycles. The molecule has 106 valence electrons. The summed E-state index contributed by atoms with van der Waals surface area (Å²) < 4.78 is 2.94. The highest BCUT2D eigenvalue weighted by molar-refractivity contribution is 9.10. The summed E-state index contributed by atoms with van der Waals surface area (Å²) in [5.41, 5.74) is 1.05. The van der Waals surface area contributed by atoms with Crippen molar-refractivity contribution in [2.75, 3.05) is 0 Å². The third kappa shape index (κ3) is 4.70. The maximum Gasteiger partial charge on any atom is 0.315 e. The van der Waals surface area contributed by atoms with E-state index in [-0.39, 0.29) is 12.1 Å². The molecule has 0 spiro atoms. The quantitative estimate of drug-likeness (QED) is 0.881. The number of hydrogen-bond donors (Lipinski definition) is 2. The second-order valence-electron chi connectivity index (χ2n) is 4.62. The number of halogens is 1. The summed E-state index contributed by atoms with van der Waals surface area (Å²) in [5, 5.41) is 5.73. The first-order valence-corrected chi connectivity index (χ1v) is 7.17. The van der Waals surface area contributed by atoms with Crippen LogP contribution in [-0.4, -0.2) is 21.6 Å². The van der Waals surface area contributed by atoms with Crippen LogP contribution in [0.2, 0.25) is 0 Å². The number of rotatable bonds is 5. The number of imidazole rings is 1. The van der Waals surface area contributed by atoms with E-state index in [0.29, 0.717) is 13.1 Å². The van der Waals surface area contributed by atoms with E-state index >= 15 is 0 Å². The van der Waals surface area contributed by atoms with E-state index in [1.807, 2.05) is 42.0 Å². The van der Waals surface area contributed by atoms with E-state index in [2.05, 4.69) is 31.5 Å². The van der Waals surface area contributed by atoms with E-state index in [1.54, 1.807) is 12.5 Å². The molecule has 0 aliphatic carbocycles. The first-order valence-electron chi connectivity index (χ1n) is 6.38. The number of nitrogens with zero attached hydrogens (tertiary/aromatic N) is 2. The van der Waals surface area contributed by atoms with Crippen LogP contribution in [-0.2, 0) is 13.1 Å². The number of benzene rings is 1. The summed E-state index contributed by atoms with van der Waals surface area (Å²) in [6.07, 6.45) is 5.33. The standard InChI is InChI=1S/C14H17BrN4O/c1-11(9-19-6-5-16-10-19)18-14(20)17-8-12-3-2-4-13(15)7-12/h2-7,10-11H,8-9H2,1H3,(H2,17,18,20)/t11-/m1/s1. The first-order chi connectivity index (χ1) is 9.63. The van der Waals surface area contributed by atoms with Crippen molar-refractivity contribution in [1.29, 1.82) is 0 Å². The van der Waals surface area contributed by atoms with Crippen LogP contribution in [0.5, 0.6) is 0 Å². The van der Waals surface area contributed by atoms with Crippen LogP contribution in [0.1, 0.15) is 12.5 Å². The fraction of sp³-hybridized carbons (Fsp3) is 0.286. The van der Waals surface area contributed by atoms with Crippen LogP contribution >= 0.6 is 15.9 Å². The molecule has 20 heavy (non-hydrogen) atoms. The van der Waals surface area contributed by atoms with E-state index in [0.717, 1.165) is 10.0 Å². The first kappa shape index (κ1) is 14.6. The van der Waals surface area contributed by atoms with Gasteiger partial charge in [0.25, 0.3) is 0 Å². The number of carbonyl (C=O) groups excluding carboxylic acids is 1. The Morgan fingerprint density at radius 2 is 2.35 bits per heavy atom. The Bertz CT molecular complexity index is 556. The Morgan fingerprint density at radius 3 is 3.05 bits per heavy atom. The van der Waals surface area contributed by atoms with E-state index in [1.165, 1.54) is 0 Å². The van der Waals surface area contributed by atoms with Crippen molar-refractivity contribution in [3.8, 4) is 0 Å². The molecule has 6 heteroatoms. The Labute approximate surface area is 126 Å². The summed E-state index contributed by atoms with van der Waals surface area (Å²) in [5.74, 6) is 0. The molecule has 0 aliphatic rings. The lowest BCUT2D eigenvalue weighted by Crippen LogP contribution is -2.42. The molecule has 2 rings (SSSR count). The van der Waals surface area contributed by atoms with Gasteiger partial charge in [0.1, 0.15) is 0 Å². The molecule has 1 aromatic carbocycles. The van der Waals surface area contributed by atoms with Crippen molar-refractivity contribution in [1.82, 2.24) is 20.2 Å². The van der Waals surface area contributed by atoms with Crippen molar-refractivity contribution in [2.45, 2.75) is 26.1 Å². The lowest BCUT2D eigenvalue weighted by Gasteiger charge is -2.15. The molecule has 1 atom stereocenters. The molecule has 0 bridgehead atoms. The van der Waals surface area contributed by atoms with Gasteiger partial charge in [-0.05, 0) is 24.6 Å². The van der Waals surface area contributed by atoms with Crippen LogP contribution in [0.25, 0.3) is 0 Å². The average Bonchev–Trinajstić information content (AvgIpc) is 2.89. The summed E-state index contributed by atoms with van der Waals surface area (Å²) in [6, 6.07) is 7.72. The lowest BCUT2D eigenvalue weighted by atomic mass is 10.2. The Balaban J connectivity index is 1.75. The molecule has 0 radical (unpaired) electrons. The smallest absolute Gasteiger partial charge is 0.315 e. The van der Waals surface area contributed by atoms with Crippen LogP contribution < -0.4 is 10.6 Å². The van der Waals surface area contributed by atoms with Crippen LogP contribution in [0.4, 0.5) is 4.79 Å². The van der Waals surface area contributed by atoms with Crippen molar-refractivity contribution in [3.63, 3.8) is 0 Å². The fourth-order valence-corrected chi connectivity index (χ4v) is 2.31. The molecule has 2 N–H and O–H groups in total. The van der Waals surface area contributed by atoms with Crippen molar-refractivity contribution >= 4 is 22.0 Å². The zero-order valence-electron chi connectivity index (χ0n) is 11.2. The number of urea groups is 1. The van der Waals surface area contributed by atoms with Gasteiger partial charge < -0.3 is 15.2 Å². The Hall–Kier alpha value is -1.82. The van der Waals surface area contributed by atoms with E-state index < -0.39 is 0 Å². The second kappa shape index (κ2) is 7.09. The Morgan fingerprint density at radius 1 is 1.50 bits per heavy atom. The molecule has 0 unspecified atom stereocenters.